The van der Waals surface area contributed by atoms with E-state index < -0.39 is 15.9 Å². The maximum Gasteiger partial charge on any atom is 0.271 e. The monoisotopic (exact) mass is 419 g/mol. The fourth-order valence-electron chi connectivity index (χ4n) is 2.72. The number of ether oxygens (including phenoxy) is 2. The van der Waals surface area contributed by atoms with E-state index in [-0.39, 0.29) is 29.3 Å². The molecule has 1 fully saturated rings. The molecule has 1 saturated heterocycles. The van der Waals surface area contributed by atoms with Crippen LogP contribution in [0.5, 0.6) is 11.5 Å². The highest BCUT2D eigenvalue weighted by molar-refractivity contribution is 7.89. The van der Waals surface area contributed by atoms with Crippen molar-refractivity contribution in [2.75, 3.05) is 33.4 Å². The molecule has 0 saturated carbocycles. The topological polar surface area (TPSA) is 118 Å². The quantitative estimate of drug-likeness (QED) is 0.536. The molecule has 3 rings (SSSR count). The number of carbonyl (C=O) groups excluding carboxylic acids is 1. The molecule has 29 heavy (non-hydrogen) atoms. The number of hydrogen-bond acceptors (Lipinski definition) is 7. The standard InChI is InChI=1S/C19H21N3O6S/c1-27-16-5-6-18(23)15(11-16)13-20-21-19(24)14-3-2-4-17(12-14)29(25,26)22-7-9-28-10-8-22/h2-6,11-13,23H,7-10H2,1H3,(H,21,24). The second kappa shape index (κ2) is 9.03. The Kier molecular flexibility index (Phi) is 6.47. The van der Waals surface area contributed by atoms with Crippen molar-refractivity contribution >= 4 is 22.1 Å². The smallest absolute Gasteiger partial charge is 0.271 e. The molecule has 1 aliphatic rings. The third-order valence-corrected chi connectivity index (χ3v) is 6.20. The van der Waals surface area contributed by atoms with Gasteiger partial charge in [0, 0.05) is 24.2 Å². The van der Waals surface area contributed by atoms with E-state index in [1.165, 1.54) is 48.0 Å². The van der Waals surface area contributed by atoms with E-state index in [9.17, 15) is 18.3 Å². The van der Waals surface area contributed by atoms with Crippen molar-refractivity contribution in [1.29, 1.82) is 0 Å². The van der Waals surface area contributed by atoms with E-state index in [0.29, 0.717) is 24.5 Å². The van der Waals surface area contributed by atoms with Gasteiger partial charge in [-0.25, -0.2) is 13.8 Å². The lowest BCUT2D eigenvalue weighted by Gasteiger charge is -2.26. The van der Waals surface area contributed by atoms with Crippen LogP contribution in [0.3, 0.4) is 0 Å². The molecule has 0 spiro atoms. The van der Waals surface area contributed by atoms with E-state index in [0.717, 1.165) is 0 Å². The Bertz CT molecular complexity index is 1020. The number of morpholine rings is 1. The summed E-state index contributed by atoms with van der Waals surface area (Å²) in [6, 6.07) is 10.3. The van der Waals surface area contributed by atoms with Crippen molar-refractivity contribution in [3.8, 4) is 11.5 Å². The first-order valence-corrected chi connectivity index (χ1v) is 10.2. The first-order chi connectivity index (χ1) is 13.9. The van der Waals surface area contributed by atoms with Gasteiger partial charge in [0.15, 0.2) is 0 Å². The number of rotatable bonds is 6. The number of benzene rings is 2. The van der Waals surface area contributed by atoms with Gasteiger partial charge in [0.2, 0.25) is 10.0 Å². The molecular formula is C19H21N3O6S. The fourth-order valence-corrected chi connectivity index (χ4v) is 4.18. The van der Waals surface area contributed by atoms with E-state index in [1.54, 1.807) is 12.1 Å². The summed E-state index contributed by atoms with van der Waals surface area (Å²) in [6.07, 6.45) is 1.27. The van der Waals surface area contributed by atoms with Gasteiger partial charge < -0.3 is 14.6 Å². The van der Waals surface area contributed by atoms with Gasteiger partial charge in [-0.15, -0.1) is 0 Å². The van der Waals surface area contributed by atoms with E-state index in [4.69, 9.17) is 9.47 Å². The zero-order valence-corrected chi connectivity index (χ0v) is 16.6. The highest BCUT2D eigenvalue weighted by Crippen LogP contribution is 2.21. The van der Waals surface area contributed by atoms with Crippen LogP contribution < -0.4 is 10.2 Å². The van der Waals surface area contributed by atoms with Gasteiger partial charge in [-0.05, 0) is 36.4 Å². The minimum atomic E-state index is -3.71. The average molecular weight is 419 g/mol. The predicted molar refractivity (Wildman–Crippen MR) is 106 cm³/mol. The lowest BCUT2D eigenvalue weighted by Crippen LogP contribution is -2.40. The molecule has 0 aromatic heterocycles. The summed E-state index contributed by atoms with van der Waals surface area (Å²) in [5.41, 5.74) is 2.82. The number of nitrogens with one attached hydrogen (secondary N) is 1. The summed E-state index contributed by atoms with van der Waals surface area (Å²) < 4.78 is 37.0. The Morgan fingerprint density at radius 2 is 2.00 bits per heavy atom. The summed E-state index contributed by atoms with van der Waals surface area (Å²) in [4.78, 5) is 12.4. The van der Waals surface area contributed by atoms with E-state index in [1.807, 2.05) is 0 Å². The molecule has 2 aromatic carbocycles. The SMILES string of the molecule is COc1ccc(O)c(C=NNC(=O)c2cccc(S(=O)(=O)N3CCOCC3)c2)c1. The normalized spacial score (nSPS) is 15.3. The highest BCUT2D eigenvalue weighted by Gasteiger charge is 2.26. The van der Waals surface area contributed by atoms with Crippen molar-refractivity contribution in [2.24, 2.45) is 5.10 Å². The molecule has 0 radical (unpaired) electrons. The zero-order valence-electron chi connectivity index (χ0n) is 15.7. The molecule has 10 heteroatoms. The van der Waals surface area contributed by atoms with Crippen molar-refractivity contribution in [1.82, 2.24) is 9.73 Å². The van der Waals surface area contributed by atoms with Crippen LogP contribution in [0.2, 0.25) is 0 Å². The number of carbonyl (C=O) groups is 1. The fraction of sp³-hybridized carbons (Fsp3) is 0.263. The first kappa shape index (κ1) is 20.8. The van der Waals surface area contributed by atoms with Crippen molar-refractivity contribution in [2.45, 2.75) is 4.90 Å². The summed E-state index contributed by atoms with van der Waals surface area (Å²) in [7, 11) is -2.21. The van der Waals surface area contributed by atoms with Crippen LogP contribution in [0.4, 0.5) is 0 Å². The average Bonchev–Trinajstić information content (AvgIpc) is 2.75. The number of nitrogens with zero attached hydrogens (tertiary/aromatic N) is 2. The maximum absolute atomic E-state index is 12.7. The Morgan fingerprint density at radius 1 is 1.24 bits per heavy atom. The molecule has 9 nitrogen and oxygen atoms in total. The lowest BCUT2D eigenvalue weighted by molar-refractivity contribution is 0.0730. The van der Waals surface area contributed by atoms with Crippen LogP contribution in [0.15, 0.2) is 52.5 Å². The Labute approximate surface area is 168 Å². The Balaban J connectivity index is 1.73. The van der Waals surface area contributed by atoms with Gasteiger partial charge in [0.05, 0.1) is 31.4 Å². The van der Waals surface area contributed by atoms with Gasteiger partial charge in [0.1, 0.15) is 11.5 Å². The third kappa shape index (κ3) is 4.91. The van der Waals surface area contributed by atoms with E-state index >= 15 is 0 Å². The number of aromatic hydroxyl groups is 1. The van der Waals surface area contributed by atoms with Gasteiger partial charge in [-0.3, -0.25) is 4.79 Å². The predicted octanol–water partition coefficient (Wildman–Crippen LogP) is 1.19. The van der Waals surface area contributed by atoms with Crippen LogP contribution in [0.25, 0.3) is 0 Å². The molecule has 0 unspecified atom stereocenters. The Hall–Kier alpha value is -2.95. The second-order valence-electron chi connectivity index (χ2n) is 6.17. The van der Waals surface area contributed by atoms with Crippen LogP contribution in [0.1, 0.15) is 15.9 Å². The van der Waals surface area contributed by atoms with Gasteiger partial charge in [0.25, 0.3) is 5.91 Å². The summed E-state index contributed by atoms with van der Waals surface area (Å²) in [5, 5.41) is 13.6. The number of sulfonamides is 1. The van der Waals surface area contributed by atoms with Crippen molar-refractivity contribution in [3.05, 3.63) is 53.6 Å². The minimum Gasteiger partial charge on any atom is -0.507 e. The summed E-state index contributed by atoms with van der Waals surface area (Å²) in [5.74, 6) is -0.0818. The minimum absolute atomic E-state index is 0.0256. The largest absolute Gasteiger partial charge is 0.507 e. The Morgan fingerprint density at radius 3 is 2.72 bits per heavy atom. The zero-order chi connectivity index (χ0) is 20.9. The molecular weight excluding hydrogens is 398 g/mol. The number of amides is 1. The molecule has 154 valence electrons. The molecule has 0 bridgehead atoms. The molecule has 2 aromatic rings. The van der Waals surface area contributed by atoms with Crippen LogP contribution >= 0.6 is 0 Å². The van der Waals surface area contributed by atoms with Crippen LogP contribution in [0, 0.1) is 0 Å². The number of phenols is 1. The van der Waals surface area contributed by atoms with Gasteiger partial charge >= 0.3 is 0 Å². The third-order valence-electron chi connectivity index (χ3n) is 4.31. The molecule has 1 heterocycles. The molecule has 1 aliphatic heterocycles. The first-order valence-electron chi connectivity index (χ1n) is 8.80. The molecule has 0 aliphatic carbocycles. The van der Waals surface area contributed by atoms with Crippen LogP contribution in [-0.4, -0.2) is 63.4 Å². The molecule has 2 N–H and O–H groups in total. The second-order valence-corrected chi connectivity index (χ2v) is 8.11. The van der Waals surface area contributed by atoms with E-state index in [2.05, 4.69) is 10.5 Å². The van der Waals surface area contributed by atoms with Crippen molar-refractivity contribution < 1.29 is 27.8 Å². The highest BCUT2D eigenvalue weighted by atomic mass is 32.2. The number of hydrogen-bond donors (Lipinski definition) is 2. The molecule has 1 amide bonds. The van der Waals surface area contributed by atoms with Gasteiger partial charge in [-0.1, -0.05) is 6.07 Å². The number of hydrazone groups is 1. The number of phenolic OH excluding ortho intramolecular Hbond substituents is 1. The van der Waals surface area contributed by atoms with Crippen molar-refractivity contribution in [3.63, 3.8) is 0 Å². The molecule has 0 atom stereocenters. The number of methoxy groups -OCH3 is 1. The lowest BCUT2D eigenvalue weighted by atomic mass is 10.2. The summed E-state index contributed by atoms with van der Waals surface area (Å²) in [6.45, 7) is 1.22. The van der Waals surface area contributed by atoms with Crippen LogP contribution in [-0.2, 0) is 14.8 Å². The maximum atomic E-state index is 12.7. The van der Waals surface area contributed by atoms with Gasteiger partial charge in [-0.2, -0.15) is 9.41 Å². The summed E-state index contributed by atoms with van der Waals surface area (Å²) >= 11 is 0.